The topological polar surface area (TPSA) is 98.2 Å². The lowest BCUT2D eigenvalue weighted by atomic mass is 10.3. The van der Waals surface area contributed by atoms with E-state index in [4.69, 9.17) is 5.73 Å². The number of primary amides is 1. The maximum Gasteiger partial charge on any atom is 0.275 e. The predicted molar refractivity (Wildman–Crippen MR) is 60.0 cm³/mol. The molecule has 1 aromatic carbocycles. The normalized spacial score (nSPS) is 10.1. The summed E-state index contributed by atoms with van der Waals surface area (Å²) in [6.07, 6.45) is 0. The van der Waals surface area contributed by atoms with Gasteiger partial charge in [0.2, 0.25) is 0 Å². The zero-order valence-electron chi connectivity index (χ0n) is 8.70. The summed E-state index contributed by atoms with van der Waals surface area (Å²) < 4.78 is 1.000. The lowest BCUT2D eigenvalue weighted by Gasteiger charge is -2.06. The smallest absolute Gasteiger partial charge is 0.275 e. The second kappa shape index (κ2) is 4.09. The van der Waals surface area contributed by atoms with Gasteiger partial charge in [0.05, 0.1) is 5.69 Å². The van der Waals surface area contributed by atoms with Crippen LogP contribution in [-0.2, 0) is 0 Å². The molecule has 0 saturated carbocycles. The molecular formula is C11H9N3O3. The summed E-state index contributed by atoms with van der Waals surface area (Å²) >= 11 is 0. The molecule has 0 aliphatic rings. The van der Waals surface area contributed by atoms with Crippen LogP contribution in [0, 0.1) is 0 Å². The SMILES string of the molecule is NC(=O)c1nn(-c2ccccc2)c(=O)cc1O. The lowest BCUT2D eigenvalue weighted by Crippen LogP contribution is -2.25. The number of aromatic nitrogens is 2. The Balaban J connectivity index is 2.67. The van der Waals surface area contributed by atoms with Crippen molar-refractivity contribution in [3.8, 4) is 11.4 Å². The van der Waals surface area contributed by atoms with Gasteiger partial charge in [-0.25, -0.2) is 0 Å². The van der Waals surface area contributed by atoms with E-state index < -0.39 is 17.2 Å². The Morgan fingerprint density at radius 3 is 2.53 bits per heavy atom. The van der Waals surface area contributed by atoms with Gasteiger partial charge in [-0.1, -0.05) is 18.2 Å². The maximum absolute atomic E-state index is 11.6. The van der Waals surface area contributed by atoms with Gasteiger partial charge in [0.1, 0.15) is 0 Å². The first-order valence-corrected chi connectivity index (χ1v) is 4.78. The van der Waals surface area contributed by atoms with Gasteiger partial charge in [-0.2, -0.15) is 9.78 Å². The molecule has 86 valence electrons. The minimum absolute atomic E-state index is 0.339. The molecule has 0 radical (unpaired) electrons. The van der Waals surface area contributed by atoms with Crippen molar-refractivity contribution in [1.82, 2.24) is 9.78 Å². The number of nitrogens with zero attached hydrogens (tertiary/aromatic N) is 2. The number of nitrogens with two attached hydrogens (primary N) is 1. The molecule has 0 spiro atoms. The number of aromatic hydroxyl groups is 1. The molecule has 2 aromatic rings. The Morgan fingerprint density at radius 1 is 1.29 bits per heavy atom. The number of rotatable bonds is 2. The van der Waals surface area contributed by atoms with E-state index in [0.717, 1.165) is 10.7 Å². The second-order valence-corrected chi connectivity index (χ2v) is 3.33. The molecule has 0 saturated heterocycles. The van der Waals surface area contributed by atoms with E-state index in [-0.39, 0.29) is 5.69 Å². The molecule has 0 fully saturated rings. The quantitative estimate of drug-likeness (QED) is 0.762. The number of hydrogen-bond donors (Lipinski definition) is 2. The third kappa shape index (κ3) is 2.00. The standard InChI is InChI=1S/C11H9N3O3/c12-11(17)10-8(15)6-9(16)14(13-10)7-4-2-1-3-5-7/h1-6,15H,(H2,12,17). The van der Waals surface area contributed by atoms with Crippen molar-refractivity contribution in [1.29, 1.82) is 0 Å². The van der Waals surface area contributed by atoms with E-state index in [1.807, 2.05) is 0 Å². The number of carbonyl (C=O) groups is 1. The van der Waals surface area contributed by atoms with Crippen molar-refractivity contribution in [3.05, 3.63) is 52.4 Å². The summed E-state index contributed by atoms with van der Waals surface area (Å²) in [5, 5.41) is 13.1. The van der Waals surface area contributed by atoms with Gasteiger partial charge in [-0.15, -0.1) is 0 Å². The number of amides is 1. The Morgan fingerprint density at radius 2 is 1.94 bits per heavy atom. The van der Waals surface area contributed by atoms with Gasteiger partial charge >= 0.3 is 0 Å². The summed E-state index contributed by atoms with van der Waals surface area (Å²) in [7, 11) is 0. The summed E-state index contributed by atoms with van der Waals surface area (Å²) in [5.74, 6) is -1.41. The Bertz CT molecular complexity index is 620. The van der Waals surface area contributed by atoms with E-state index in [1.165, 1.54) is 0 Å². The van der Waals surface area contributed by atoms with Crippen molar-refractivity contribution in [2.75, 3.05) is 0 Å². The van der Waals surface area contributed by atoms with Crippen LogP contribution in [0.2, 0.25) is 0 Å². The maximum atomic E-state index is 11.6. The highest BCUT2D eigenvalue weighted by Gasteiger charge is 2.13. The van der Waals surface area contributed by atoms with Crippen molar-refractivity contribution in [2.24, 2.45) is 5.73 Å². The monoisotopic (exact) mass is 231 g/mol. The van der Waals surface area contributed by atoms with Crippen LogP contribution >= 0.6 is 0 Å². The van der Waals surface area contributed by atoms with Crippen LogP contribution in [0.1, 0.15) is 10.5 Å². The Kier molecular flexibility index (Phi) is 2.61. The zero-order chi connectivity index (χ0) is 12.4. The largest absolute Gasteiger partial charge is 0.505 e. The summed E-state index contributed by atoms with van der Waals surface area (Å²) in [6, 6.07) is 9.43. The number of benzene rings is 1. The fourth-order valence-electron chi connectivity index (χ4n) is 1.38. The highest BCUT2D eigenvalue weighted by Crippen LogP contribution is 2.11. The molecular weight excluding hydrogens is 222 g/mol. The predicted octanol–water partition coefficient (Wildman–Crippen LogP) is 0.0370. The van der Waals surface area contributed by atoms with Crippen LogP contribution in [0.5, 0.6) is 5.75 Å². The molecule has 3 N–H and O–H groups in total. The van der Waals surface area contributed by atoms with Crippen molar-refractivity contribution in [3.63, 3.8) is 0 Å². The molecule has 0 aliphatic carbocycles. The fraction of sp³-hybridized carbons (Fsp3) is 0. The van der Waals surface area contributed by atoms with Gasteiger partial charge in [0, 0.05) is 6.07 Å². The van der Waals surface area contributed by atoms with Crippen LogP contribution in [0.4, 0.5) is 0 Å². The van der Waals surface area contributed by atoms with E-state index in [0.29, 0.717) is 5.69 Å². The molecule has 1 heterocycles. The fourth-order valence-corrected chi connectivity index (χ4v) is 1.38. The lowest BCUT2D eigenvalue weighted by molar-refractivity contribution is 0.0991. The third-order valence-corrected chi connectivity index (χ3v) is 2.15. The second-order valence-electron chi connectivity index (χ2n) is 3.33. The molecule has 0 atom stereocenters. The Labute approximate surface area is 95.9 Å². The highest BCUT2D eigenvalue weighted by molar-refractivity contribution is 5.93. The highest BCUT2D eigenvalue weighted by atomic mass is 16.3. The molecule has 6 heteroatoms. The van der Waals surface area contributed by atoms with E-state index in [1.54, 1.807) is 30.3 Å². The first kappa shape index (κ1) is 10.9. The van der Waals surface area contributed by atoms with Gasteiger partial charge in [-0.3, -0.25) is 9.59 Å². The molecule has 17 heavy (non-hydrogen) atoms. The number of para-hydroxylation sites is 1. The van der Waals surface area contributed by atoms with Gasteiger partial charge in [-0.05, 0) is 12.1 Å². The molecule has 0 bridgehead atoms. The average Bonchev–Trinajstić information content (AvgIpc) is 2.29. The van der Waals surface area contributed by atoms with Crippen LogP contribution in [0.25, 0.3) is 5.69 Å². The zero-order valence-corrected chi connectivity index (χ0v) is 8.70. The van der Waals surface area contributed by atoms with E-state index in [9.17, 15) is 14.7 Å². The van der Waals surface area contributed by atoms with Gasteiger partial charge < -0.3 is 10.8 Å². The van der Waals surface area contributed by atoms with Crippen LogP contribution in [-0.4, -0.2) is 20.8 Å². The minimum atomic E-state index is -0.896. The summed E-state index contributed by atoms with van der Waals surface area (Å²) in [4.78, 5) is 22.6. The molecule has 2 rings (SSSR count). The van der Waals surface area contributed by atoms with Gasteiger partial charge in [0.15, 0.2) is 11.4 Å². The van der Waals surface area contributed by atoms with Crippen LogP contribution < -0.4 is 11.3 Å². The molecule has 1 amide bonds. The molecule has 0 aliphatic heterocycles. The Hall–Kier alpha value is -2.63. The molecule has 6 nitrogen and oxygen atoms in total. The minimum Gasteiger partial charge on any atom is -0.505 e. The third-order valence-electron chi connectivity index (χ3n) is 2.15. The van der Waals surface area contributed by atoms with Crippen molar-refractivity contribution < 1.29 is 9.90 Å². The first-order chi connectivity index (χ1) is 8.09. The van der Waals surface area contributed by atoms with Crippen molar-refractivity contribution in [2.45, 2.75) is 0 Å². The van der Waals surface area contributed by atoms with Gasteiger partial charge in [0.25, 0.3) is 11.5 Å². The summed E-state index contributed by atoms with van der Waals surface area (Å²) in [5.41, 5.74) is 4.64. The van der Waals surface area contributed by atoms with E-state index in [2.05, 4.69) is 5.10 Å². The molecule has 0 unspecified atom stereocenters. The number of hydrogen-bond acceptors (Lipinski definition) is 4. The number of carbonyl (C=O) groups excluding carboxylic acids is 1. The average molecular weight is 231 g/mol. The van der Waals surface area contributed by atoms with Crippen molar-refractivity contribution >= 4 is 5.91 Å². The van der Waals surface area contributed by atoms with Crippen LogP contribution in [0.15, 0.2) is 41.2 Å². The molecule has 1 aromatic heterocycles. The first-order valence-electron chi connectivity index (χ1n) is 4.78. The van der Waals surface area contributed by atoms with Crippen LogP contribution in [0.3, 0.4) is 0 Å². The summed E-state index contributed by atoms with van der Waals surface area (Å²) in [6.45, 7) is 0. The van der Waals surface area contributed by atoms with E-state index >= 15 is 0 Å².